The van der Waals surface area contributed by atoms with E-state index in [-0.39, 0.29) is 0 Å². The van der Waals surface area contributed by atoms with Gasteiger partial charge in [-0.2, -0.15) is 0 Å². The first-order valence-electron chi connectivity index (χ1n) is 6.40. The summed E-state index contributed by atoms with van der Waals surface area (Å²) in [5.41, 5.74) is -0.424. The molecule has 0 unspecified atom stereocenters. The maximum Gasteiger partial charge on any atom is 0.0796 e. The second-order valence-corrected chi connectivity index (χ2v) is 5.22. The van der Waals surface area contributed by atoms with Crippen LogP contribution in [0.1, 0.15) is 39.0 Å². The van der Waals surface area contributed by atoms with Crippen LogP contribution < -0.4 is 5.32 Å². The second kappa shape index (κ2) is 4.81. The quantitative estimate of drug-likeness (QED) is 0.713. The van der Waals surface area contributed by atoms with E-state index >= 15 is 0 Å². The predicted octanol–water partition coefficient (Wildman–Crippen LogP) is 0.975. The molecule has 3 nitrogen and oxygen atoms in total. The first-order valence-corrected chi connectivity index (χ1v) is 6.40. The van der Waals surface area contributed by atoms with Gasteiger partial charge in [0.1, 0.15) is 0 Å². The highest BCUT2D eigenvalue weighted by Gasteiger charge is 2.33. The van der Waals surface area contributed by atoms with Crippen molar-refractivity contribution in [3.63, 3.8) is 0 Å². The Morgan fingerprint density at radius 3 is 2.53 bits per heavy atom. The highest BCUT2D eigenvalue weighted by Crippen LogP contribution is 2.24. The van der Waals surface area contributed by atoms with Crippen molar-refractivity contribution < 1.29 is 5.11 Å². The van der Waals surface area contributed by atoms with Crippen molar-refractivity contribution in [1.29, 1.82) is 0 Å². The SMILES string of the molecule is CCCN1CCC(O)(CNC2CC2)CC1. The van der Waals surface area contributed by atoms with Gasteiger partial charge in [0.2, 0.25) is 0 Å². The fraction of sp³-hybridized carbons (Fsp3) is 1.00. The summed E-state index contributed by atoms with van der Waals surface area (Å²) in [4.78, 5) is 2.46. The molecule has 2 rings (SSSR count). The molecule has 2 fully saturated rings. The van der Waals surface area contributed by atoms with E-state index in [2.05, 4.69) is 17.1 Å². The fourth-order valence-electron chi connectivity index (χ4n) is 2.31. The maximum atomic E-state index is 10.3. The van der Waals surface area contributed by atoms with E-state index in [1.807, 2.05) is 0 Å². The normalized spacial score (nSPS) is 26.8. The van der Waals surface area contributed by atoms with Crippen molar-refractivity contribution in [3.8, 4) is 0 Å². The third kappa shape index (κ3) is 3.44. The summed E-state index contributed by atoms with van der Waals surface area (Å²) in [7, 11) is 0. The van der Waals surface area contributed by atoms with E-state index in [9.17, 15) is 5.11 Å². The van der Waals surface area contributed by atoms with Crippen molar-refractivity contribution in [2.24, 2.45) is 0 Å². The van der Waals surface area contributed by atoms with E-state index in [1.165, 1.54) is 25.8 Å². The van der Waals surface area contributed by atoms with Gasteiger partial charge in [0.05, 0.1) is 5.60 Å². The molecule has 0 atom stereocenters. The molecule has 2 aliphatic rings. The molecule has 1 saturated heterocycles. The lowest BCUT2D eigenvalue weighted by molar-refractivity contribution is -0.0199. The van der Waals surface area contributed by atoms with Gasteiger partial charge in [-0.1, -0.05) is 6.92 Å². The predicted molar refractivity (Wildman–Crippen MR) is 61.9 cm³/mol. The van der Waals surface area contributed by atoms with Gasteiger partial charge in [-0.15, -0.1) is 0 Å². The molecular weight excluding hydrogens is 188 g/mol. The van der Waals surface area contributed by atoms with Crippen LogP contribution in [0.2, 0.25) is 0 Å². The first kappa shape index (κ1) is 11.4. The maximum absolute atomic E-state index is 10.3. The lowest BCUT2D eigenvalue weighted by Gasteiger charge is -2.38. The summed E-state index contributed by atoms with van der Waals surface area (Å²) in [5, 5.41) is 13.8. The second-order valence-electron chi connectivity index (χ2n) is 5.22. The Labute approximate surface area is 92.8 Å². The van der Waals surface area contributed by atoms with Gasteiger partial charge in [-0.3, -0.25) is 0 Å². The molecule has 2 N–H and O–H groups in total. The van der Waals surface area contributed by atoms with Crippen LogP contribution in [-0.2, 0) is 0 Å². The molecule has 0 aromatic rings. The van der Waals surface area contributed by atoms with Gasteiger partial charge in [0.15, 0.2) is 0 Å². The Hall–Kier alpha value is -0.120. The molecule has 0 amide bonds. The van der Waals surface area contributed by atoms with Crippen LogP contribution in [0.5, 0.6) is 0 Å². The Bertz CT molecular complexity index is 196. The molecule has 1 saturated carbocycles. The Morgan fingerprint density at radius 1 is 1.33 bits per heavy atom. The molecule has 15 heavy (non-hydrogen) atoms. The fourth-order valence-corrected chi connectivity index (χ4v) is 2.31. The Morgan fingerprint density at radius 2 is 2.00 bits per heavy atom. The largest absolute Gasteiger partial charge is 0.388 e. The topological polar surface area (TPSA) is 35.5 Å². The van der Waals surface area contributed by atoms with Crippen LogP contribution in [0.15, 0.2) is 0 Å². The van der Waals surface area contributed by atoms with E-state index in [4.69, 9.17) is 0 Å². The van der Waals surface area contributed by atoms with E-state index < -0.39 is 5.60 Å². The number of nitrogens with one attached hydrogen (secondary N) is 1. The highest BCUT2D eigenvalue weighted by atomic mass is 16.3. The van der Waals surface area contributed by atoms with Gasteiger partial charge in [-0.25, -0.2) is 0 Å². The molecule has 0 aromatic carbocycles. The molecule has 3 heteroatoms. The summed E-state index contributed by atoms with van der Waals surface area (Å²) < 4.78 is 0. The summed E-state index contributed by atoms with van der Waals surface area (Å²) in [6.45, 7) is 6.34. The average molecular weight is 212 g/mol. The number of nitrogens with zero attached hydrogens (tertiary/aromatic N) is 1. The minimum absolute atomic E-state index is 0.424. The Kier molecular flexibility index (Phi) is 3.65. The monoisotopic (exact) mass is 212 g/mol. The smallest absolute Gasteiger partial charge is 0.0796 e. The van der Waals surface area contributed by atoms with Crippen LogP contribution in [-0.4, -0.2) is 47.8 Å². The molecule has 1 aliphatic heterocycles. The molecule has 88 valence electrons. The first-order chi connectivity index (χ1) is 7.22. The number of hydrogen-bond acceptors (Lipinski definition) is 3. The third-order valence-electron chi connectivity index (χ3n) is 3.62. The van der Waals surface area contributed by atoms with E-state index in [0.717, 1.165) is 32.5 Å². The zero-order chi connectivity index (χ0) is 10.7. The van der Waals surface area contributed by atoms with Crippen LogP contribution in [0, 0.1) is 0 Å². The molecule has 0 radical (unpaired) electrons. The molecule has 1 aliphatic carbocycles. The van der Waals surface area contributed by atoms with Crippen LogP contribution in [0.25, 0.3) is 0 Å². The van der Waals surface area contributed by atoms with Gasteiger partial charge in [0, 0.05) is 25.7 Å². The summed E-state index contributed by atoms with van der Waals surface area (Å²) in [6, 6.07) is 0.711. The standard InChI is InChI=1S/C12H24N2O/c1-2-7-14-8-5-12(15,6-9-14)10-13-11-3-4-11/h11,13,15H,2-10H2,1H3. The molecule has 0 aromatic heterocycles. The Balaban J connectivity index is 1.69. The zero-order valence-electron chi connectivity index (χ0n) is 9.84. The van der Waals surface area contributed by atoms with Crippen molar-refractivity contribution in [3.05, 3.63) is 0 Å². The average Bonchev–Trinajstić information content (AvgIpc) is 3.03. The summed E-state index contributed by atoms with van der Waals surface area (Å²) >= 11 is 0. The molecule has 0 bridgehead atoms. The number of likely N-dealkylation sites (tertiary alicyclic amines) is 1. The third-order valence-corrected chi connectivity index (χ3v) is 3.62. The van der Waals surface area contributed by atoms with Gasteiger partial charge < -0.3 is 15.3 Å². The minimum atomic E-state index is -0.424. The molecular formula is C12H24N2O. The lowest BCUT2D eigenvalue weighted by Crippen LogP contribution is -2.50. The lowest BCUT2D eigenvalue weighted by atomic mass is 9.91. The van der Waals surface area contributed by atoms with Crippen LogP contribution >= 0.6 is 0 Å². The van der Waals surface area contributed by atoms with Gasteiger partial charge in [0.25, 0.3) is 0 Å². The number of piperidine rings is 1. The number of aliphatic hydroxyl groups is 1. The highest BCUT2D eigenvalue weighted by molar-refractivity contribution is 4.91. The molecule has 1 heterocycles. The van der Waals surface area contributed by atoms with Crippen molar-refractivity contribution >= 4 is 0 Å². The van der Waals surface area contributed by atoms with Gasteiger partial charge >= 0.3 is 0 Å². The van der Waals surface area contributed by atoms with E-state index in [1.54, 1.807) is 0 Å². The number of rotatable bonds is 5. The van der Waals surface area contributed by atoms with E-state index in [0.29, 0.717) is 6.04 Å². The van der Waals surface area contributed by atoms with Crippen molar-refractivity contribution in [2.45, 2.75) is 50.7 Å². The van der Waals surface area contributed by atoms with Crippen molar-refractivity contribution in [2.75, 3.05) is 26.2 Å². The van der Waals surface area contributed by atoms with Crippen LogP contribution in [0.4, 0.5) is 0 Å². The van der Waals surface area contributed by atoms with Gasteiger partial charge in [-0.05, 0) is 38.6 Å². The summed E-state index contributed by atoms with van der Waals surface area (Å²) in [6.07, 6.45) is 5.70. The minimum Gasteiger partial charge on any atom is -0.388 e. The number of hydrogen-bond donors (Lipinski definition) is 2. The molecule has 0 spiro atoms. The zero-order valence-corrected chi connectivity index (χ0v) is 9.84. The summed E-state index contributed by atoms with van der Waals surface area (Å²) in [5.74, 6) is 0. The van der Waals surface area contributed by atoms with Crippen LogP contribution in [0.3, 0.4) is 0 Å². The van der Waals surface area contributed by atoms with Crippen molar-refractivity contribution in [1.82, 2.24) is 10.2 Å².